The van der Waals surface area contributed by atoms with Gasteiger partial charge in [-0.1, -0.05) is 39.8 Å². The minimum atomic E-state index is -1.49. The first-order valence-electron chi connectivity index (χ1n) is 14.3. The predicted molar refractivity (Wildman–Crippen MR) is 147 cm³/mol. The zero-order chi connectivity index (χ0) is 30.2. The fourth-order valence-corrected chi connectivity index (χ4v) is 6.59. The van der Waals surface area contributed by atoms with Crippen molar-refractivity contribution in [2.45, 2.75) is 103 Å². The number of carbonyl (C=O) groups is 2. The van der Waals surface area contributed by atoms with Crippen LogP contribution in [-0.2, 0) is 33.3 Å². The number of aliphatic hydroxyl groups is 2. The van der Waals surface area contributed by atoms with E-state index in [0.29, 0.717) is 12.8 Å². The Bertz CT molecular complexity index is 1140. The van der Waals surface area contributed by atoms with Crippen molar-refractivity contribution in [3.8, 4) is 5.75 Å². The van der Waals surface area contributed by atoms with E-state index in [1.807, 2.05) is 26.8 Å². The SMILES string of the molecule is CO[C@@H](CC[C@H](C)C1O[C@@]23C[C@H](OC(=O)C[C@H](CO)OC(=O)/C=C(\O2)C(C)(O)CC3(C)C)[C@@H]1C)c1cccc(O)c1. The quantitative estimate of drug-likeness (QED) is 0.409. The number of phenols is 1. The van der Waals surface area contributed by atoms with Crippen molar-refractivity contribution in [1.82, 2.24) is 0 Å². The number of benzene rings is 1. The highest BCUT2D eigenvalue weighted by Gasteiger charge is 2.63. The van der Waals surface area contributed by atoms with E-state index >= 15 is 0 Å². The van der Waals surface area contributed by atoms with Crippen LogP contribution in [0.5, 0.6) is 5.75 Å². The van der Waals surface area contributed by atoms with Gasteiger partial charge in [0.15, 0.2) is 0 Å². The largest absolute Gasteiger partial charge is 0.508 e. The molecule has 0 aromatic heterocycles. The molecule has 228 valence electrons. The molecule has 41 heavy (non-hydrogen) atoms. The minimum absolute atomic E-state index is 0.00783. The fourth-order valence-electron chi connectivity index (χ4n) is 6.59. The highest BCUT2D eigenvalue weighted by atomic mass is 16.7. The summed E-state index contributed by atoms with van der Waals surface area (Å²) < 4.78 is 30.3. The van der Waals surface area contributed by atoms with Crippen LogP contribution in [0, 0.1) is 17.3 Å². The lowest BCUT2D eigenvalue weighted by atomic mass is 9.66. The van der Waals surface area contributed by atoms with Gasteiger partial charge < -0.3 is 39.0 Å². The first kappa shape index (κ1) is 31.3. The molecule has 2 saturated heterocycles. The molecule has 3 aliphatic heterocycles. The number of aromatic hydroxyl groups is 1. The summed E-state index contributed by atoms with van der Waals surface area (Å²) in [5.41, 5.74) is -1.36. The number of ether oxygens (including phenoxy) is 5. The molecule has 3 N–H and O–H groups in total. The van der Waals surface area contributed by atoms with Crippen molar-refractivity contribution < 1.29 is 48.6 Å². The van der Waals surface area contributed by atoms with E-state index in [-0.39, 0.29) is 48.7 Å². The number of methoxy groups -OCH3 is 1. The number of cyclic esters (lactones) is 1. The molecule has 2 fully saturated rings. The van der Waals surface area contributed by atoms with Crippen LogP contribution in [0.25, 0.3) is 0 Å². The molecule has 2 unspecified atom stereocenters. The van der Waals surface area contributed by atoms with E-state index in [0.717, 1.165) is 11.6 Å². The number of fused-ring (bicyclic) bond motifs is 2. The Morgan fingerprint density at radius 3 is 2.54 bits per heavy atom. The number of hydrogen-bond donors (Lipinski definition) is 3. The number of aliphatic hydroxyl groups excluding tert-OH is 1. The third kappa shape index (κ3) is 6.56. The lowest BCUT2D eigenvalue weighted by Gasteiger charge is -2.59. The molecule has 8 atom stereocenters. The molecule has 0 aliphatic carbocycles. The molecule has 4 rings (SSSR count). The first-order valence-corrected chi connectivity index (χ1v) is 14.3. The summed E-state index contributed by atoms with van der Waals surface area (Å²) in [7, 11) is 1.64. The Balaban J connectivity index is 1.67. The monoisotopic (exact) mass is 576 g/mol. The molecule has 0 saturated carbocycles. The van der Waals surface area contributed by atoms with Gasteiger partial charge in [-0.3, -0.25) is 4.79 Å². The minimum Gasteiger partial charge on any atom is -0.508 e. The summed E-state index contributed by atoms with van der Waals surface area (Å²) in [6, 6.07) is 7.00. The molecular formula is C31H44O10. The van der Waals surface area contributed by atoms with Crippen LogP contribution in [0.4, 0.5) is 0 Å². The van der Waals surface area contributed by atoms with E-state index in [1.165, 1.54) is 0 Å². The van der Waals surface area contributed by atoms with Crippen LogP contribution in [0.2, 0.25) is 0 Å². The van der Waals surface area contributed by atoms with Gasteiger partial charge in [0.25, 0.3) is 0 Å². The molecule has 3 heterocycles. The Morgan fingerprint density at radius 1 is 1.15 bits per heavy atom. The molecule has 1 spiro atoms. The van der Waals surface area contributed by atoms with Crippen LogP contribution < -0.4 is 0 Å². The summed E-state index contributed by atoms with van der Waals surface area (Å²) in [5, 5.41) is 31.0. The highest BCUT2D eigenvalue weighted by Crippen LogP contribution is 2.56. The van der Waals surface area contributed by atoms with Crippen LogP contribution in [0.1, 0.15) is 78.4 Å². The van der Waals surface area contributed by atoms with Crippen molar-refractivity contribution in [2.24, 2.45) is 17.3 Å². The molecule has 1 aromatic carbocycles. The van der Waals surface area contributed by atoms with E-state index in [2.05, 4.69) is 6.92 Å². The van der Waals surface area contributed by atoms with Crippen LogP contribution in [0.3, 0.4) is 0 Å². The lowest BCUT2D eigenvalue weighted by Crippen LogP contribution is -2.65. The molecular weight excluding hydrogens is 532 g/mol. The first-order chi connectivity index (χ1) is 19.2. The summed E-state index contributed by atoms with van der Waals surface area (Å²) in [6.45, 7) is 8.94. The van der Waals surface area contributed by atoms with Gasteiger partial charge in [0.2, 0.25) is 5.79 Å². The second-order valence-electron chi connectivity index (χ2n) is 12.7. The maximum Gasteiger partial charge on any atom is 0.334 e. The standard InChI is InChI=1S/C31H44O10/c1-18(10-11-23(37-6)20-8-7-9-21(33)12-20)28-19(2)24-15-31(41-28)29(3,4)17-30(5,36)25(40-31)14-27(35)38-22(16-32)13-26(34)39-24/h7-9,12,14,18-19,22-24,28,32-33,36H,10-11,13,15-17H2,1-6H3/b25-14-/t18-,19-,22+,23-,24-,28?,30?,31+/m0/s1. The molecule has 3 bridgehead atoms. The van der Waals surface area contributed by atoms with Crippen LogP contribution in [-0.4, -0.2) is 70.7 Å². The Hall–Kier alpha value is -2.66. The van der Waals surface area contributed by atoms with Crippen LogP contribution in [0.15, 0.2) is 36.1 Å². The van der Waals surface area contributed by atoms with E-state index in [9.17, 15) is 24.9 Å². The van der Waals surface area contributed by atoms with Crippen molar-refractivity contribution in [3.63, 3.8) is 0 Å². The Labute approximate surface area is 241 Å². The Kier molecular flexibility index (Phi) is 9.09. The van der Waals surface area contributed by atoms with Crippen molar-refractivity contribution in [3.05, 3.63) is 41.7 Å². The second kappa shape index (κ2) is 11.9. The number of hydrogen-bond acceptors (Lipinski definition) is 10. The normalized spacial score (nSPS) is 36.2. The zero-order valence-electron chi connectivity index (χ0n) is 24.8. The second-order valence-corrected chi connectivity index (χ2v) is 12.7. The number of rotatable bonds is 7. The molecule has 3 aliphatic rings. The molecule has 0 amide bonds. The summed E-state index contributed by atoms with van der Waals surface area (Å²) in [5.74, 6) is -2.81. The van der Waals surface area contributed by atoms with Gasteiger partial charge in [-0.2, -0.15) is 0 Å². The highest BCUT2D eigenvalue weighted by molar-refractivity contribution is 5.83. The topological polar surface area (TPSA) is 141 Å². The number of phenolic OH excluding ortho intramolecular Hbond substituents is 1. The average Bonchev–Trinajstić information content (AvgIpc) is 2.88. The van der Waals surface area contributed by atoms with Crippen molar-refractivity contribution in [1.29, 1.82) is 0 Å². The summed E-state index contributed by atoms with van der Waals surface area (Å²) >= 11 is 0. The van der Waals surface area contributed by atoms with E-state index < -0.39 is 53.7 Å². The molecule has 10 heteroatoms. The number of esters is 2. The Morgan fingerprint density at radius 2 is 1.88 bits per heavy atom. The maximum atomic E-state index is 13.0. The molecule has 10 nitrogen and oxygen atoms in total. The van der Waals surface area contributed by atoms with Gasteiger partial charge in [0, 0.05) is 18.4 Å². The van der Waals surface area contributed by atoms with E-state index in [1.54, 1.807) is 32.2 Å². The smallest absolute Gasteiger partial charge is 0.334 e. The number of carbonyl (C=O) groups excluding carboxylic acids is 2. The van der Waals surface area contributed by atoms with Crippen molar-refractivity contribution in [2.75, 3.05) is 13.7 Å². The van der Waals surface area contributed by atoms with Crippen LogP contribution >= 0.6 is 0 Å². The predicted octanol–water partition coefficient (Wildman–Crippen LogP) is 3.92. The van der Waals surface area contributed by atoms with Gasteiger partial charge >= 0.3 is 11.9 Å². The van der Waals surface area contributed by atoms with Crippen molar-refractivity contribution >= 4 is 11.9 Å². The van der Waals surface area contributed by atoms with Gasteiger partial charge in [0.1, 0.15) is 29.3 Å². The summed E-state index contributed by atoms with van der Waals surface area (Å²) in [6.07, 6.45) is 0.212. The third-order valence-electron chi connectivity index (χ3n) is 8.91. The third-order valence-corrected chi connectivity index (χ3v) is 8.91. The van der Waals surface area contributed by atoms with Gasteiger partial charge in [-0.15, -0.1) is 0 Å². The summed E-state index contributed by atoms with van der Waals surface area (Å²) in [4.78, 5) is 25.7. The average molecular weight is 577 g/mol. The molecule has 0 radical (unpaired) electrons. The van der Waals surface area contributed by atoms with Gasteiger partial charge in [0.05, 0.1) is 37.7 Å². The molecule has 1 aromatic rings. The van der Waals surface area contributed by atoms with Gasteiger partial charge in [-0.05, 0) is 49.8 Å². The maximum absolute atomic E-state index is 13.0. The van der Waals surface area contributed by atoms with Gasteiger partial charge in [-0.25, -0.2) is 4.79 Å². The zero-order valence-corrected chi connectivity index (χ0v) is 24.8. The fraction of sp³-hybridized carbons (Fsp3) is 0.677. The van der Waals surface area contributed by atoms with E-state index in [4.69, 9.17) is 23.7 Å². The lowest BCUT2D eigenvalue weighted by molar-refractivity contribution is -0.371.